The van der Waals surface area contributed by atoms with Crippen LogP contribution in [-0.2, 0) is 0 Å². The lowest BCUT2D eigenvalue weighted by molar-refractivity contribution is 0.00495. The molecule has 0 saturated heterocycles. The number of hydrogen-bond acceptors (Lipinski definition) is 4. The molecule has 1 aromatic heterocycles. The first-order valence-electron chi connectivity index (χ1n) is 6.25. The van der Waals surface area contributed by atoms with Crippen LogP contribution in [0.2, 0.25) is 0 Å². The van der Waals surface area contributed by atoms with Crippen LogP contribution in [0.3, 0.4) is 0 Å². The Balaban J connectivity index is 1.89. The fourth-order valence-corrected chi connectivity index (χ4v) is 2.27. The van der Waals surface area contributed by atoms with Crippen LogP contribution in [0.15, 0.2) is 18.3 Å². The van der Waals surface area contributed by atoms with E-state index in [2.05, 4.69) is 17.2 Å². The van der Waals surface area contributed by atoms with Gasteiger partial charge in [0.15, 0.2) is 0 Å². The second kappa shape index (κ2) is 4.92. The Labute approximate surface area is 102 Å². The summed E-state index contributed by atoms with van der Waals surface area (Å²) in [6.07, 6.45) is 5.60. The highest BCUT2D eigenvalue weighted by molar-refractivity contribution is 5.48. The van der Waals surface area contributed by atoms with Gasteiger partial charge >= 0.3 is 0 Å². The number of pyridine rings is 1. The third-order valence-corrected chi connectivity index (χ3v) is 3.59. The van der Waals surface area contributed by atoms with Crippen molar-refractivity contribution in [1.82, 2.24) is 4.98 Å². The Morgan fingerprint density at radius 2 is 2.24 bits per heavy atom. The van der Waals surface area contributed by atoms with Gasteiger partial charge in [-0.1, -0.05) is 6.92 Å². The Morgan fingerprint density at radius 1 is 1.53 bits per heavy atom. The van der Waals surface area contributed by atoms with E-state index in [-0.39, 0.29) is 0 Å². The number of nitrogens with one attached hydrogen (secondary N) is 1. The third kappa shape index (κ3) is 3.33. The van der Waals surface area contributed by atoms with E-state index in [1.165, 1.54) is 0 Å². The van der Waals surface area contributed by atoms with Gasteiger partial charge in [0.1, 0.15) is 5.82 Å². The highest BCUT2D eigenvalue weighted by Gasteiger charge is 2.31. The van der Waals surface area contributed by atoms with Crippen molar-refractivity contribution < 1.29 is 5.11 Å². The maximum atomic E-state index is 10.4. The zero-order valence-corrected chi connectivity index (χ0v) is 10.3. The molecule has 1 aliphatic carbocycles. The van der Waals surface area contributed by atoms with Crippen LogP contribution in [-0.4, -0.2) is 22.2 Å². The van der Waals surface area contributed by atoms with Crippen LogP contribution in [0.4, 0.5) is 11.5 Å². The van der Waals surface area contributed by atoms with Crippen molar-refractivity contribution in [3.8, 4) is 0 Å². The Bertz CT molecular complexity index is 373. The van der Waals surface area contributed by atoms with Crippen LogP contribution < -0.4 is 11.1 Å². The average Bonchev–Trinajstić information content (AvgIpc) is 2.31. The summed E-state index contributed by atoms with van der Waals surface area (Å²) in [6, 6.07) is 3.54. The van der Waals surface area contributed by atoms with Gasteiger partial charge in [-0.15, -0.1) is 0 Å². The molecule has 0 bridgehead atoms. The molecule has 0 atom stereocenters. The van der Waals surface area contributed by atoms with E-state index in [0.29, 0.717) is 12.2 Å². The van der Waals surface area contributed by atoms with Gasteiger partial charge in [-0.3, -0.25) is 0 Å². The second-order valence-corrected chi connectivity index (χ2v) is 5.23. The quantitative estimate of drug-likeness (QED) is 0.749. The largest absolute Gasteiger partial charge is 0.399 e. The Kier molecular flexibility index (Phi) is 3.52. The van der Waals surface area contributed by atoms with Crippen molar-refractivity contribution in [2.24, 2.45) is 5.92 Å². The monoisotopic (exact) mass is 235 g/mol. The van der Waals surface area contributed by atoms with Gasteiger partial charge in [0.25, 0.3) is 0 Å². The molecule has 0 spiro atoms. The summed E-state index contributed by atoms with van der Waals surface area (Å²) in [5, 5.41) is 13.6. The van der Waals surface area contributed by atoms with E-state index < -0.39 is 5.60 Å². The molecule has 4 N–H and O–H groups in total. The molecule has 0 radical (unpaired) electrons. The zero-order chi connectivity index (χ0) is 12.3. The fraction of sp³-hybridized carbons (Fsp3) is 0.615. The molecule has 17 heavy (non-hydrogen) atoms. The number of aromatic nitrogens is 1. The molecular formula is C13H21N3O. The average molecular weight is 235 g/mol. The van der Waals surface area contributed by atoms with Crippen molar-refractivity contribution in [3.63, 3.8) is 0 Å². The number of aliphatic hydroxyl groups is 1. The topological polar surface area (TPSA) is 71.2 Å². The van der Waals surface area contributed by atoms with Crippen molar-refractivity contribution in [1.29, 1.82) is 0 Å². The molecule has 0 amide bonds. The molecule has 4 nitrogen and oxygen atoms in total. The molecular weight excluding hydrogens is 214 g/mol. The summed E-state index contributed by atoms with van der Waals surface area (Å²) in [5.41, 5.74) is 5.78. The van der Waals surface area contributed by atoms with Crippen molar-refractivity contribution in [3.05, 3.63) is 18.3 Å². The van der Waals surface area contributed by atoms with Gasteiger partial charge in [0, 0.05) is 24.5 Å². The molecule has 2 rings (SSSR count). The summed E-state index contributed by atoms with van der Waals surface area (Å²) in [7, 11) is 0. The fourth-order valence-electron chi connectivity index (χ4n) is 2.27. The number of nitrogens with zero attached hydrogens (tertiary/aromatic N) is 1. The van der Waals surface area contributed by atoms with Gasteiger partial charge in [0.05, 0.1) is 5.60 Å². The predicted octanol–water partition coefficient (Wildman–Crippen LogP) is 2.02. The van der Waals surface area contributed by atoms with Gasteiger partial charge in [-0.25, -0.2) is 4.98 Å². The number of nitrogens with two attached hydrogens (primary N) is 1. The van der Waals surface area contributed by atoms with Gasteiger partial charge in [0.2, 0.25) is 0 Å². The van der Waals surface area contributed by atoms with Crippen molar-refractivity contribution >= 4 is 11.5 Å². The minimum atomic E-state index is -0.585. The maximum absolute atomic E-state index is 10.4. The lowest BCUT2D eigenvalue weighted by Crippen LogP contribution is -2.40. The second-order valence-electron chi connectivity index (χ2n) is 5.23. The van der Waals surface area contributed by atoms with Gasteiger partial charge in [-0.2, -0.15) is 0 Å². The van der Waals surface area contributed by atoms with E-state index >= 15 is 0 Å². The zero-order valence-electron chi connectivity index (χ0n) is 10.3. The molecule has 1 fully saturated rings. The number of hydrogen-bond donors (Lipinski definition) is 3. The summed E-state index contributed by atoms with van der Waals surface area (Å²) in [6.45, 7) is 2.79. The molecule has 1 heterocycles. The number of rotatable bonds is 3. The van der Waals surface area contributed by atoms with E-state index in [4.69, 9.17) is 5.73 Å². The molecule has 1 aliphatic rings. The Hall–Kier alpha value is -1.29. The standard InChI is InChI=1S/C13H21N3O/c1-10-2-5-13(17,6-3-10)9-16-12-8-11(14)4-7-15-12/h4,7-8,10,17H,2-3,5-6,9H2,1H3,(H3,14,15,16). The molecule has 1 aromatic rings. The SMILES string of the molecule is CC1CCC(O)(CNc2cc(N)ccn2)CC1. The lowest BCUT2D eigenvalue weighted by Gasteiger charge is -2.35. The van der Waals surface area contributed by atoms with Crippen molar-refractivity contribution in [2.45, 2.75) is 38.2 Å². The maximum Gasteiger partial charge on any atom is 0.128 e. The molecule has 0 aromatic carbocycles. The molecule has 94 valence electrons. The normalized spacial score (nSPS) is 28.9. The van der Waals surface area contributed by atoms with Crippen LogP contribution in [0.25, 0.3) is 0 Å². The number of nitrogen functional groups attached to an aromatic ring is 1. The molecule has 1 saturated carbocycles. The summed E-state index contributed by atoms with van der Waals surface area (Å²) in [5.74, 6) is 1.47. The van der Waals surface area contributed by atoms with Crippen LogP contribution in [0, 0.1) is 5.92 Å². The van der Waals surface area contributed by atoms with Crippen molar-refractivity contribution in [2.75, 3.05) is 17.6 Å². The molecule has 0 aliphatic heterocycles. The van der Waals surface area contributed by atoms with E-state index in [9.17, 15) is 5.11 Å². The summed E-state index contributed by atoms with van der Waals surface area (Å²) < 4.78 is 0. The van der Waals surface area contributed by atoms with Crippen LogP contribution >= 0.6 is 0 Å². The first-order chi connectivity index (χ1) is 8.07. The minimum absolute atomic E-state index is 0.552. The third-order valence-electron chi connectivity index (χ3n) is 3.59. The minimum Gasteiger partial charge on any atom is -0.399 e. The first kappa shape index (κ1) is 12.2. The Morgan fingerprint density at radius 3 is 2.88 bits per heavy atom. The lowest BCUT2D eigenvalue weighted by atomic mass is 9.79. The van der Waals surface area contributed by atoms with E-state index in [0.717, 1.165) is 37.4 Å². The number of anilines is 2. The van der Waals surface area contributed by atoms with Crippen LogP contribution in [0.1, 0.15) is 32.6 Å². The predicted molar refractivity (Wildman–Crippen MR) is 69.7 cm³/mol. The van der Waals surface area contributed by atoms with Gasteiger partial charge < -0.3 is 16.2 Å². The van der Waals surface area contributed by atoms with E-state index in [1.807, 2.05) is 0 Å². The van der Waals surface area contributed by atoms with E-state index in [1.54, 1.807) is 18.3 Å². The highest BCUT2D eigenvalue weighted by Crippen LogP contribution is 2.31. The summed E-state index contributed by atoms with van der Waals surface area (Å²) >= 11 is 0. The van der Waals surface area contributed by atoms with Crippen LogP contribution in [0.5, 0.6) is 0 Å². The summed E-state index contributed by atoms with van der Waals surface area (Å²) in [4.78, 5) is 4.17. The highest BCUT2D eigenvalue weighted by atomic mass is 16.3. The first-order valence-corrected chi connectivity index (χ1v) is 6.25. The molecule has 0 unspecified atom stereocenters. The van der Waals surface area contributed by atoms with Gasteiger partial charge in [-0.05, 0) is 37.7 Å². The molecule has 4 heteroatoms. The smallest absolute Gasteiger partial charge is 0.128 e.